The number of aliphatic hydroxyl groups excluding tert-OH is 2. The lowest BCUT2D eigenvalue weighted by Crippen LogP contribution is -1.96. The van der Waals surface area contributed by atoms with Gasteiger partial charge in [0.1, 0.15) is 0 Å². The molecule has 0 bridgehead atoms. The molecule has 1 rings (SSSR count). The van der Waals surface area contributed by atoms with Crippen molar-refractivity contribution in [2.24, 2.45) is 0 Å². The van der Waals surface area contributed by atoms with Crippen LogP contribution >= 0.6 is 0 Å². The summed E-state index contributed by atoms with van der Waals surface area (Å²) >= 11 is 0. The predicted molar refractivity (Wildman–Crippen MR) is 44.4 cm³/mol. The maximum absolute atomic E-state index is 8.75. The highest BCUT2D eigenvalue weighted by atomic mass is 16.5. The predicted octanol–water partition coefficient (Wildman–Crippen LogP) is 0.205. The van der Waals surface area contributed by atoms with Crippen molar-refractivity contribution in [3.05, 3.63) is 35.4 Å². The smallest absolute Gasteiger partial charge is 0.178 e. The number of benzene rings is 1. The molecule has 0 aliphatic heterocycles. The second-order valence-corrected chi connectivity index (χ2v) is 2.59. The molecule has 3 N–H and O–H groups in total. The Morgan fingerprint density at radius 1 is 1.08 bits per heavy atom. The fourth-order valence-electron chi connectivity index (χ4n) is 0.986. The molecular weight excluding hydrogens is 156 g/mol. The molecule has 0 aliphatic rings. The Labute approximate surface area is 70.9 Å². The summed E-state index contributed by atoms with van der Waals surface area (Å²) in [5.74, 6) is 0. The van der Waals surface area contributed by atoms with E-state index < -0.39 is 6.29 Å². The summed E-state index contributed by atoms with van der Waals surface area (Å²) in [6, 6.07) is 6.81. The highest BCUT2D eigenvalue weighted by Gasteiger charge is 2.00. The van der Waals surface area contributed by atoms with Gasteiger partial charge >= 0.3 is 0 Å². The second-order valence-electron chi connectivity index (χ2n) is 2.59. The Balaban J connectivity index is 2.71. The minimum absolute atomic E-state index is 0.112. The van der Waals surface area contributed by atoms with Crippen molar-refractivity contribution in [2.75, 3.05) is 6.61 Å². The molecule has 0 saturated carbocycles. The van der Waals surface area contributed by atoms with Gasteiger partial charge in [0, 0.05) is 12.2 Å². The molecule has 0 spiro atoms. The molecule has 0 radical (unpaired) electrons. The van der Waals surface area contributed by atoms with Gasteiger partial charge in [-0.15, -0.1) is 0 Å². The summed E-state index contributed by atoms with van der Waals surface area (Å²) < 4.78 is 0. The van der Waals surface area contributed by atoms with Crippen molar-refractivity contribution in [2.45, 2.75) is 12.7 Å². The van der Waals surface area contributed by atoms with Gasteiger partial charge < -0.3 is 15.3 Å². The lowest BCUT2D eigenvalue weighted by Gasteiger charge is -2.04. The van der Waals surface area contributed by atoms with Crippen LogP contribution in [0.5, 0.6) is 0 Å². The van der Waals surface area contributed by atoms with E-state index in [-0.39, 0.29) is 6.61 Å². The fourth-order valence-corrected chi connectivity index (χ4v) is 0.986. The van der Waals surface area contributed by atoms with Crippen molar-refractivity contribution in [3.63, 3.8) is 0 Å². The van der Waals surface area contributed by atoms with E-state index in [9.17, 15) is 0 Å². The van der Waals surface area contributed by atoms with E-state index in [1.807, 2.05) is 0 Å². The van der Waals surface area contributed by atoms with E-state index in [1.54, 1.807) is 24.3 Å². The Bertz CT molecular complexity index is 228. The SMILES string of the molecule is OCCc1ccc(C(O)O)cc1. The van der Waals surface area contributed by atoms with Crippen LogP contribution in [0.2, 0.25) is 0 Å². The van der Waals surface area contributed by atoms with Crippen LogP contribution in [0, 0.1) is 0 Å². The van der Waals surface area contributed by atoms with E-state index in [0.717, 1.165) is 5.56 Å². The lowest BCUT2D eigenvalue weighted by molar-refractivity contribution is -0.0424. The average Bonchev–Trinajstić information content (AvgIpc) is 2.06. The molecule has 1 aromatic carbocycles. The van der Waals surface area contributed by atoms with Gasteiger partial charge in [0.2, 0.25) is 0 Å². The first-order valence-corrected chi connectivity index (χ1v) is 3.80. The molecule has 12 heavy (non-hydrogen) atoms. The summed E-state index contributed by atoms with van der Waals surface area (Å²) in [7, 11) is 0. The molecule has 0 aromatic heterocycles. The van der Waals surface area contributed by atoms with Gasteiger partial charge in [0.25, 0.3) is 0 Å². The zero-order chi connectivity index (χ0) is 8.97. The van der Waals surface area contributed by atoms with Crippen LogP contribution in [0.1, 0.15) is 17.4 Å². The van der Waals surface area contributed by atoms with Gasteiger partial charge in [-0.1, -0.05) is 24.3 Å². The summed E-state index contributed by atoms with van der Waals surface area (Å²) in [4.78, 5) is 0. The molecule has 66 valence electrons. The molecule has 0 fully saturated rings. The standard InChI is InChI=1S/C9H12O3/c10-6-5-7-1-3-8(4-2-7)9(11)12/h1-4,9-12H,5-6H2. The topological polar surface area (TPSA) is 60.7 Å². The molecule has 3 nitrogen and oxygen atoms in total. The summed E-state index contributed by atoms with van der Waals surface area (Å²) in [6.45, 7) is 0.112. The number of hydrogen-bond donors (Lipinski definition) is 3. The molecule has 0 heterocycles. The van der Waals surface area contributed by atoms with Crippen LogP contribution in [-0.4, -0.2) is 21.9 Å². The molecular formula is C9H12O3. The van der Waals surface area contributed by atoms with Crippen LogP contribution in [0.15, 0.2) is 24.3 Å². The first kappa shape index (κ1) is 9.19. The first-order chi connectivity index (χ1) is 5.74. The molecule has 0 saturated heterocycles. The maximum atomic E-state index is 8.75. The Morgan fingerprint density at radius 2 is 1.67 bits per heavy atom. The minimum atomic E-state index is -1.41. The molecule has 3 heteroatoms. The van der Waals surface area contributed by atoms with E-state index in [0.29, 0.717) is 12.0 Å². The van der Waals surface area contributed by atoms with Gasteiger partial charge in [-0.2, -0.15) is 0 Å². The maximum Gasteiger partial charge on any atom is 0.178 e. The largest absolute Gasteiger partial charge is 0.396 e. The van der Waals surface area contributed by atoms with Crippen LogP contribution < -0.4 is 0 Å². The highest BCUT2D eigenvalue weighted by Crippen LogP contribution is 2.10. The third kappa shape index (κ3) is 2.30. The Kier molecular flexibility index (Phi) is 3.22. The zero-order valence-corrected chi connectivity index (χ0v) is 6.64. The van der Waals surface area contributed by atoms with Gasteiger partial charge in [-0.25, -0.2) is 0 Å². The zero-order valence-electron chi connectivity index (χ0n) is 6.64. The van der Waals surface area contributed by atoms with Crippen molar-refractivity contribution < 1.29 is 15.3 Å². The number of rotatable bonds is 3. The van der Waals surface area contributed by atoms with Crippen LogP contribution in [-0.2, 0) is 6.42 Å². The third-order valence-corrected chi connectivity index (χ3v) is 1.68. The van der Waals surface area contributed by atoms with Crippen molar-refractivity contribution >= 4 is 0 Å². The molecule has 0 amide bonds. The second kappa shape index (κ2) is 4.21. The molecule has 0 atom stereocenters. The van der Waals surface area contributed by atoms with Gasteiger partial charge in [0.05, 0.1) is 0 Å². The summed E-state index contributed by atoms with van der Waals surface area (Å²) in [5, 5.41) is 26.1. The monoisotopic (exact) mass is 168 g/mol. The normalized spacial score (nSPS) is 10.7. The molecule has 0 aliphatic carbocycles. The van der Waals surface area contributed by atoms with E-state index in [4.69, 9.17) is 15.3 Å². The van der Waals surface area contributed by atoms with Gasteiger partial charge in [-0.05, 0) is 12.0 Å². The summed E-state index contributed by atoms with van der Waals surface area (Å²) in [5.41, 5.74) is 1.46. The first-order valence-electron chi connectivity index (χ1n) is 3.80. The third-order valence-electron chi connectivity index (χ3n) is 1.68. The highest BCUT2D eigenvalue weighted by molar-refractivity contribution is 5.23. The summed E-state index contributed by atoms with van der Waals surface area (Å²) in [6.07, 6.45) is -0.810. The number of hydrogen-bond acceptors (Lipinski definition) is 3. The minimum Gasteiger partial charge on any atom is -0.396 e. The van der Waals surface area contributed by atoms with Crippen LogP contribution in [0.3, 0.4) is 0 Å². The van der Waals surface area contributed by atoms with Crippen molar-refractivity contribution in [3.8, 4) is 0 Å². The van der Waals surface area contributed by atoms with Gasteiger partial charge in [0.15, 0.2) is 6.29 Å². The average molecular weight is 168 g/mol. The van der Waals surface area contributed by atoms with Gasteiger partial charge in [-0.3, -0.25) is 0 Å². The van der Waals surface area contributed by atoms with E-state index >= 15 is 0 Å². The van der Waals surface area contributed by atoms with E-state index in [2.05, 4.69) is 0 Å². The van der Waals surface area contributed by atoms with Crippen LogP contribution in [0.4, 0.5) is 0 Å². The Hall–Kier alpha value is -0.900. The quantitative estimate of drug-likeness (QED) is 0.565. The van der Waals surface area contributed by atoms with Crippen molar-refractivity contribution in [1.29, 1.82) is 0 Å². The molecule has 1 aromatic rings. The molecule has 0 unspecified atom stereocenters. The lowest BCUT2D eigenvalue weighted by atomic mass is 10.1. The van der Waals surface area contributed by atoms with Crippen LogP contribution in [0.25, 0.3) is 0 Å². The number of aliphatic hydroxyl groups is 3. The van der Waals surface area contributed by atoms with E-state index in [1.165, 1.54) is 0 Å². The fraction of sp³-hybridized carbons (Fsp3) is 0.333. The van der Waals surface area contributed by atoms with Crippen molar-refractivity contribution in [1.82, 2.24) is 0 Å². The Morgan fingerprint density at radius 3 is 2.08 bits per heavy atom.